The fraction of sp³-hybridized carbons (Fsp3) is 0.476. The molecule has 1 saturated heterocycles. The van der Waals surface area contributed by atoms with E-state index >= 15 is 0 Å². The van der Waals surface area contributed by atoms with Gasteiger partial charge >= 0.3 is 0 Å². The zero-order valence-corrected chi connectivity index (χ0v) is 17.2. The Morgan fingerprint density at radius 1 is 1.15 bits per heavy atom. The van der Waals surface area contributed by atoms with Crippen molar-refractivity contribution >= 4 is 34.2 Å². The van der Waals surface area contributed by atoms with E-state index in [0.717, 1.165) is 40.1 Å². The van der Waals surface area contributed by atoms with Crippen LogP contribution in [0, 0.1) is 13.8 Å². The molecular formula is C21H26N4OS. The highest BCUT2D eigenvalue weighted by Crippen LogP contribution is 2.28. The topological polar surface area (TPSA) is 50.5 Å². The molecule has 0 N–H and O–H groups in total. The number of carbonyl (C=O) groups excluding carboxylic acids is 1. The molecule has 4 rings (SSSR count). The van der Waals surface area contributed by atoms with Crippen LogP contribution in [-0.2, 0) is 4.79 Å². The quantitative estimate of drug-likeness (QED) is 0.631. The van der Waals surface area contributed by atoms with Gasteiger partial charge in [0.25, 0.3) is 0 Å². The summed E-state index contributed by atoms with van der Waals surface area (Å²) < 4.78 is 2.10. The Labute approximate surface area is 164 Å². The Balaban J connectivity index is 1.65. The number of hydrogen-bond donors (Lipinski definition) is 0. The van der Waals surface area contributed by atoms with Crippen molar-refractivity contribution in [2.45, 2.75) is 64.2 Å². The summed E-state index contributed by atoms with van der Waals surface area (Å²) in [4.78, 5) is 14.9. The number of fused-ring (bicyclic) bond motifs is 3. The van der Waals surface area contributed by atoms with Crippen molar-refractivity contribution in [2.75, 3.05) is 5.75 Å². The van der Waals surface area contributed by atoms with Crippen molar-refractivity contribution in [3.8, 4) is 0 Å². The number of aryl methyl sites for hydroxylation is 2. The van der Waals surface area contributed by atoms with Crippen LogP contribution in [-0.4, -0.2) is 43.2 Å². The third-order valence-corrected chi connectivity index (χ3v) is 6.50. The lowest BCUT2D eigenvalue weighted by atomic mass is 9.98. The molecule has 0 radical (unpaired) electrons. The number of rotatable bonds is 3. The Kier molecular flexibility index (Phi) is 4.84. The van der Waals surface area contributed by atoms with Crippen molar-refractivity contribution < 1.29 is 4.79 Å². The number of pyridine rings is 1. The van der Waals surface area contributed by atoms with Crippen LogP contribution in [0.4, 0.5) is 0 Å². The number of hydrogen-bond acceptors (Lipinski definition) is 4. The van der Waals surface area contributed by atoms with Crippen molar-refractivity contribution in [2.24, 2.45) is 0 Å². The predicted molar refractivity (Wildman–Crippen MR) is 110 cm³/mol. The lowest BCUT2D eigenvalue weighted by molar-refractivity contribution is -0.134. The number of thioether (sulfide) groups is 1. The van der Waals surface area contributed by atoms with Crippen LogP contribution in [0.15, 0.2) is 29.4 Å². The fourth-order valence-corrected chi connectivity index (χ4v) is 5.03. The molecular weight excluding hydrogens is 356 g/mol. The molecule has 6 heteroatoms. The molecule has 3 heterocycles. The van der Waals surface area contributed by atoms with Gasteiger partial charge < -0.3 is 4.90 Å². The second-order valence-corrected chi connectivity index (χ2v) is 8.69. The summed E-state index contributed by atoms with van der Waals surface area (Å²) in [7, 11) is 0. The third-order valence-electron chi connectivity index (χ3n) is 5.59. The molecule has 1 amide bonds. The van der Waals surface area contributed by atoms with E-state index in [4.69, 9.17) is 0 Å². The van der Waals surface area contributed by atoms with E-state index in [9.17, 15) is 4.79 Å². The first-order valence-electron chi connectivity index (χ1n) is 9.65. The fourth-order valence-electron chi connectivity index (χ4n) is 4.22. The third kappa shape index (κ3) is 3.31. The van der Waals surface area contributed by atoms with Crippen LogP contribution in [0.1, 0.15) is 44.2 Å². The van der Waals surface area contributed by atoms with Gasteiger partial charge in [0.15, 0.2) is 10.8 Å². The van der Waals surface area contributed by atoms with Crippen LogP contribution in [0.3, 0.4) is 0 Å². The van der Waals surface area contributed by atoms with Gasteiger partial charge in [-0.05, 0) is 75.6 Å². The molecule has 1 aliphatic heterocycles. The van der Waals surface area contributed by atoms with Crippen molar-refractivity contribution in [1.82, 2.24) is 19.5 Å². The minimum atomic E-state index is 0.199. The van der Waals surface area contributed by atoms with Crippen molar-refractivity contribution in [3.63, 3.8) is 0 Å². The molecule has 1 aromatic carbocycles. The number of nitrogens with zero attached hydrogens (tertiary/aromatic N) is 4. The summed E-state index contributed by atoms with van der Waals surface area (Å²) in [6.45, 7) is 8.46. The lowest BCUT2D eigenvalue weighted by Crippen LogP contribution is -2.48. The summed E-state index contributed by atoms with van der Waals surface area (Å²) >= 11 is 1.49. The second kappa shape index (κ2) is 7.15. The van der Waals surface area contributed by atoms with Gasteiger partial charge in [0.1, 0.15) is 0 Å². The molecule has 1 fully saturated rings. The Hall–Kier alpha value is -2.08. The van der Waals surface area contributed by atoms with Gasteiger partial charge in [-0.25, -0.2) is 0 Å². The molecule has 5 nitrogen and oxygen atoms in total. The number of piperidine rings is 1. The lowest BCUT2D eigenvalue weighted by Gasteiger charge is -2.39. The Morgan fingerprint density at radius 3 is 2.63 bits per heavy atom. The molecule has 1 aliphatic rings. The Bertz CT molecular complexity index is 1000. The summed E-state index contributed by atoms with van der Waals surface area (Å²) in [6, 6.07) is 9.20. The van der Waals surface area contributed by atoms with Gasteiger partial charge in [0.2, 0.25) is 5.91 Å². The van der Waals surface area contributed by atoms with Crippen molar-refractivity contribution in [1.29, 1.82) is 0 Å². The van der Waals surface area contributed by atoms with Crippen LogP contribution in [0.5, 0.6) is 0 Å². The predicted octanol–water partition coefficient (Wildman–Crippen LogP) is 4.38. The normalized spacial score (nSPS) is 20.5. The average molecular weight is 383 g/mol. The molecule has 2 atom stereocenters. The highest BCUT2D eigenvalue weighted by Gasteiger charge is 2.29. The van der Waals surface area contributed by atoms with E-state index in [1.807, 2.05) is 0 Å². The maximum absolute atomic E-state index is 12.9. The summed E-state index contributed by atoms with van der Waals surface area (Å²) in [5, 5.41) is 10.7. The maximum Gasteiger partial charge on any atom is 0.233 e. The number of aromatic nitrogens is 3. The molecule has 27 heavy (non-hydrogen) atoms. The maximum atomic E-state index is 12.9. The number of amides is 1. The van der Waals surface area contributed by atoms with Gasteiger partial charge in [-0.3, -0.25) is 9.20 Å². The average Bonchev–Trinajstić information content (AvgIpc) is 3.05. The van der Waals surface area contributed by atoms with E-state index < -0.39 is 0 Å². The number of carbonyl (C=O) groups is 1. The second-order valence-electron chi connectivity index (χ2n) is 7.75. The minimum absolute atomic E-state index is 0.199. The van der Waals surface area contributed by atoms with Crippen LogP contribution in [0.25, 0.3) is 16.6 Å². The monoisotopic (exact) mass is 382 g/mol. The smallest absolute Gasteiger partial charge is 0.233 e. The SMILES string of the molecule is Cc1ccc2cc(C)c3nnc(SCC(=O)N4[C@H](C)CCC[C@@H]4C)n3c2c1. The molecule has 142 valence electrons. The summed E-state index contributed by atoms with van der Waals surface area (Å²) in [5.41, 5.74) is 4.25. The summed E-state index contributed by atoms with van der Waals surface area (Å²) in [5.74, 6) is 0.598. The van der Waals surface area contributed by atoms with Gasteiger partial charge in [-0.15, -0.1) is 10.2 Å². The molecule has 0 saturated carbocycles. The van der Waals surface area contributed by atoms with Crippen LogP contribution >= 0.6 is 11.8 Å². The first-order chi connectivity index (χ1) is 13.0. The largest absolute Gasteiger partial charge is 0.337 e. The zero-order chi connectivity index (χ0) is 19.1. The van der Waals surface area contributed by atoms with E-state index in [2.05, 4.69) is 71.5 Å². The van der Waals surface area contributed by atoms with E-state index in [1.54, 1.807) is 0 Å². The molecule has 0 spiro atoms. The first-order valence-corrected chi connectivity index (χ1v) is 10.6. The van der Waals surface area contributed by atoms with Gasteiger partial charge in [-0.1, -0.05) is 23.9 Å². The number of likely N-dealkylation sites (tertiary alicyclic amines) is 1. The standard InChI is InChI=1S/C21H26N4OS/c1-13-8-9-17-11-14(2)20-22-23-21(25(20)18(17)10-13)27-12-19(26)24-15(3)6-5-7-16(24)4/h8-11,15-16H,5-7,12H2,1-4H3/t15-,16+. The minimum Gasteiger partial charge on any atom is -0.337 e. The molecule has 0 aliphatic carbocycles. The van der Waals surface area contributed by atoms with Gasteiger partial charge in [-0.2, -0.15) is 0 Å². The highest BCUT2D eigenvalue weighted by molar-refractivity contribution is 7.99. The van der Waals surface area contributed by atoms with Crippen molar-refractivity contribution in [3.05, 3.63) is 35.4 Å². The zero-order valence-electron chi connectivity index (χ0n) is 16.4. The van der Waals surface area contributed by atoms with E-state index in [-0.39, 0.29) is 5.91 Å². The molecule has 2 aromatic heterocycles. The highest BCUT2D eigenvalue weighted by atomic mass is 32.2. The van der Waals surface area contributed by atoms with Gasteiger partial charge in [0, 0.05) is 12.1 Å². The first kappa shape index (κ1) is 18.3. The number of benzene rings is 1. The molecule has 0 bridgehead atoms. The summed E-state index contributed by atoms with van der Waals surface area (Å²) in [6.07, 6.45) is 3.40. The van der Waals surface area contributed by atoms with E-state index in [0.29, 0.717) is 17.8 Å². The molecule has 3 aromatic rings. The van der Waals surface area contributed by atoms with E-state index in [1.165, 1.54) is 23.7 Å². The Morgan fingerprint density at radius 2 is 1.89 bits per heavy atom. The van der Waals surface area contributed by atoms with Gasteiger partial charge in [0.05, 0.1) is 11.3 Å². The molecule has 0 unspecified atom stereocenters. The van der Waals surface area contributed by atoms with Crippen LogP contribution in [0.2, 0.25) is 0 Å². The van der Waals surface area contributed by atoms with Crippen LogP contribution < -0.4 is 0 Å².